The highest BCUT2D eigenvalue weighted by atomic mass is 16.1. The SMILES string of the molecule is Cc1cccc(NC(=O)c2ccc(Nc3ccc(N(C)C)cc3)nn2)c1C. The molecule has 2 aromatic carbocycles. The Bertz CT molecular complexity index is 934. The molecule has 0 fully saturated rings. The molecule has 1 aromatic heterocycles. The van der Waals surface area contributed by atoms with Crippen LogP contribution in [0.15, 0.2) is 54.6 Å². The summed E-state index contributed by atoms with van der Waals surface area (Å²) in [6, 6.07) is 17.2. The van der Waals surface area contributed by atoms with Crippen LogP contribution in [0, 0.1) is 13.8 Å². The first-order valence-electron chi connectivity index (χ1n) is 8.70. The van der Waals surface area contributed by atoms with E-state index in [0.717, 1.165) is 28.2 Å². The highest BCUT2D eigenvalue weighted by Crippen LogP contribution is 2.20. The van der Waals surface area contributed by atoms with Crippen LogP contribution in [-0.4, -0.2) is 30.2 Å². The summed E-state index contributed by atoms with van der Waals surface area (Å²) >= 11 is 0. The molecule has 0 aliphatic rings. The summed E-state index contributed by atoms with van der Waals surface area (Å²) in [7, 11) is 3.99. The third-order valence-electron chi connectivity index (χ3n) is 4.41. The third-order valence-corrected chi connectivity index (χ3v) is 4.41. The van der Waals surface area contributed by atoms with Crippen molar-refractivity contribution in [3.05, 3.63) is 71.4 Å². The van der Waals surface area contributed by atoms with E-state index >= 15 is 0 Å². The van der Waals surface area contributed by atoms with Gasteiger partial charge >= 0.3 is 0 Å². The molecule has 1 amide bonds. The monoisotopic (exact) mass is 361 g/mol. The van der Waals surface area contributed by atoms with E-state index < -0.39 is 0 Å². The molecule has 6 heteroatoms. The Morgan fingerprint density at radius 1 is 0.926 bits per heavy atom. The van der Waals surface area contributed by atoms with Crippen LogP contribution in [0.5, 0.6) is 0 Å². The zero-order valence-electron chi connectivity index (χ0n) is 15.9. The summed E-state index contributed by atoms with van der Waals surface area (Å²) in [6.07, 6.45) is 0. The molecule has 0 radical (unpaired) electrons. The number of rotatable bonds is 5. The Labute approximate surface area is 159 Å². The van der Waals surface area contributed by atoms with Gasteiger partial charge in [-0.05, 0) is 67.4 Å². The zero-order valence-corrected chi connectivity index (χ0v) is 15.9. The summed E-state index contributed by atoms with van der Waals surface area (Å²) in [5.74, 6) is 0.300. The summed E-state index contributed by atoms with van der Waals surface area (Å²) in [5.41, 5.74) is 5.24. The summed E-state index contributed by atoms with van der Waals surface area (Å²) in [5, 5.41) is 14.2. The van der Waals surface area contributed by atoms with Crippen LogP contribution in [0.4, 0.5) is 22.9 Å². The lowest BCUT2D eigenvalue weighted by molar-refractivity contribution is 0.102. The van der Waals surface area contributed by atoms with Gasteiger partial charge in [-0.25, -0.2) is 0 Å². The number of carbonyl (C=O) groups excluding carboxylic acids is 1. The van der Waals surface area contributed by atoms with Gasteiger partial charge in [0.25, 0.3) is 5.91 Å². The molecule has 1 heterocycles. The molecule has 0 atom stereocenters. The number of nitrogens with zero attached hydrogens (tertiary/aromatic N) is 3. The van der Waals surface area contributed by atoms with E-state index in [1.807, 2.05) is 75.3 Å². The molecular formula is C21H23N5O. The number of aryl methyl sites for hydroxylation is 1. The highest BCUT2D eigenvalue weighted by Gasteiger charge is 2.11. The molecule has 0 unspecified atom stereocenters. The Kier molecular flexibility index (Phi) is 5.35. The van der Waals surface area contributed by atoms with Crippen molar-refractivity contribution in [2.75, 3.05) is 29.6 Å². The molecule has 0 saturated carbocycles. The second kappa shape index (κ2) is 7.86. The number of nitrogens with one attached hydrogen (secondary N) is 2. The first-order valence-corrected chi connectivity index (χ1v) is 8.70. The van der Waals surface area contributed by atoms with E-state index in [1.54, 1.807) is 12.1 Å². The van der Waals surface area contributed by atoms with Crippen molar-refractivity contribution >= 4 is 28.8 Å². The predicted molar refractivity (Wildman–Crippen MR) is 110 cm³/mol. The molecule has 0 saturated heterocycles. The minimum absolute atomic E-state index is 0.268. The molecule has 138 valence electrons. The van der Waals surface area contributed by atoms with Crippen molar-refractivity contribution in [1.29, 1.82) is 0 Å². The van der Waals surface area contributed by atoms with Gasteiger partial charge in [0.05, 0.1) is 0 Å². The molecule has 3 aromatic rings. The standard InChI is InChI=1S/C21H23N5O/c1-14-6-5-7-18(15(14)2)23-21(27)19-12-13-20(25-24-19)22-16-8-10-17(11-9-16)26(3)4/h5-13H,1-4H3,(H,22,25)(H,23,27). The Hall–Kier alpha value is -3.41. The van der Waals surface area contributed by atoms with Crippen LogP contribution < -0.4 is 15.5 Å². The van der Waals surface area contributed by atoms with Crippen LogP contribution >= 0.6 is 0 Å². The quantitative estimate of drug-likeness (QED) is 0.714. The van der Waals surface area contributed by atoms with E-state index in [2.05, 4.69) is 20.8 Å². The van der Waals surface area contributed by atoms with Gasteiger partial charge < -0.3 is 15.5 Å². The number of amides is 1. The molecule has 3 rings (SSSR count). The molecule has 0 aliphatic carbocycles. The first kappa shape index (κ1) is 18.4. The second-order valence-corrected chi connectivity index (χ2v) is 6.57. The maximum Gasteiger partial charge on any atom is 0.276 e. The van der Waals surface area contributed by atoms with Gasteiger partial charge in [0.15, 0.2) is 11.5 Å². The number of aromatic nitrogens is 2. The fourth-order valence-corrected chi connectivity index (χ4v) is 2.58. The van der Waals surface area contributed by atoms with Gasteiger partial charge in [-0.3, -0.25) is 4.79 Å². The summed E-state index contributed by atoms with van der Waals surface area (Å²) in [4.78, 5) is 14.4. The van der Waals surface area contributed by atoms with Crippen LogP contribution in [0.3, 0.4) is 0 Å². The van der Waals surface area contributed by atoms with Crippen LogP contribution in [0.1, 0.15) is 21.6 Å². The number of benzene rings is 2. The van der Waals surface area contributed by atoms with Crippen LogP contribution in [-0.2, 0) is 0 Å². The Morgan fingerprint density at radius 2 is 1.67 bits per heavy atom. The fourth-order valence-electron chi connectivity index (χ4n) is 2.58. The number of carbonyl (C=O) groups is 1. The molecule has 6 nitrogen and oxygen atoms in total. The molecule has 2 N–H and O–H groups in total. The van der Waals surface area contributed by atoms with Gasteiger partial charge in [0, 0.05) is 31.2 Å². The van der Waals surface area contributed by atoms with E-state index in [1.165, 1.54) is 0 Å². The predicted octanol–water partition coefficient (Wildman–Crippen LogP) is 4.16. The topological polar surface area (TPSA) is 70.2 Å². The first-order chi connectivity index (χ1) is 12.9. The highest BCUT2D eigenvalue weighted by molar-refractivity contribution is 6.03. The van der Waals surface area contributed by atoms with Crippen molar-refractivity contribution in [2.45, 2.75) is 13.8 Å². The maximum atomic E-state index is 12.4. The zero-order chi connectivity index (χ0) is 19.4. The molecule has 0 bridgehead atoms. The normalized spacial score (nSPS) is 10.4. The lowest BCUT2D eigenvalue weighted by Crippen LogP contribution is -2.15. The van der Waals surface area contributed by atoms with Crippen molar-refractivity contribution in [2.24, 2.45) is 0 Å². The van der Waals surface area contributed by atoms with Gasteiger partial charge in [-0.1, -0.05) is 12.1 Å². The largest absolute Gasteiger partial charge is 0.378 e. The summed E-state index contributed by atoms with van der Waals surface area (Å²) < 4.78 is 0. The van der Waals surface area contributed by atoms with E-state index in [0.29, 0.717) is 5.82 Å². The number of hydrogen-bond donors (Lipinski definition) is 2. The van der Waals surface area contributed by atoms with Crippen molar-refractivity contribution < 1.29 is 4.79 Å². The van der Waals surface area contributed by atoms with Crippen molar-refractivity contribution in [3.63, 3.8) is 0 Å². The van der Waals surface area contributed by atoms with Gasteiger partial charge in [-0.15, -0.1) is 10.2 Å². The van der Waals surface area contributed by atoms with E-state index in [4.69, 9.17) is 0 Å². The Balaban J connectivity index is 1.67. The van der Waals surface area contributed by atoms with Crippen LogP contribution in [0.25, 0.3) is 0 Å². The molecule has 0 spiro atoms. The fraction of sp³-hybridized carbons (Fsp3) is 0.190. The number of anilines is 4. The van der Waals surface area contributed by atoms with E-state index in [-0.39, 0.29) is 11.6 Å². The van der Waals surface area contributed by atoms with Gasteiger partial charge in [-0.2, -0.15) is 0 Å². The molecule has 27 heavy (non-hydrogen) atoms. The second-order valence-electron chi connectivity index (χ2n) is 6.57. The molecule has 0 aliphatic heterocycles. The minimum Gasteiger partial charge on any atom is -0.378 e. The third kappa shape index (κ3) is 4.41. The molecular weight excluding hydrogens is 338 g/mol. The van der Waals surface area contributed by atoms with Gasteiger partial charge in [0.1, 0.15) is 0 Å². The Morgan fingerprint density at radius 3 is 2.30 bits per heavy atom. The van der Waals surface area contributed by atoms with Crippen molar-refractivity contribution in [1.82, 2.24) is 10.2 Å². The van der Waals surface area contributed by atoms with Gasteiger partial charge in [0.2, 0.25) is 0 Å². The van der Waals surface area contributed by atoms with Crippen LogP contribution in [0.2, 0.25) is 0 Å². The average molecular weight is 361 g/mol. The lowest BCUT2D eigenvalue weighted by atomic mass is 10.1. The summed E-state index contributed by atoms with van der Waals surface area (Å²) in [6.45, 7) is 3.99. The number of hydrogen-bond acceptors (Lipinski definition) is 5. The van der Waals surface area contributed by atoms with Crippen molar-refractivity contribution in [3.8, 4) is 0 Å². The van der Waals surface area contributed by atoms with E-state index in [9.17, 15) is 4.79 Å². The minimum atomic E-state index is -0.280. The lowest BCUT2D eigenvalue weighted by Gasteiger charge is -2.13. The smallest absolute Gasteiger partial charge is 0.276 e. The maximum absolute atomic E-state index is 12.4. The average Bonchev–Trinajstić information content (AvgIpc) is 2.66.